The number of rotatable bonds is 0. The lowest BCUT2D eigenvalue weighted by atomic mass is 10.5. The minimum absolute atomic E-state index is 0.0278. The third kappa shape index (κ3) is 3.64. The molecule has 1 N–H and O–H groups in total. The van der Waals surface area contributed by atoms with Gasteiger partial charge in [0.1, 0.15) is 0 Å². The van der Waals surface area contributed by atoms with Gasteiger partial charge < -0.3 is 5.11 Å². The van der Waals surface area contributed by atoms with Crippen molar-refractivity contribution in [3.63, 3.8) is 0 Å². The Balaban J connectivity index is 0.000000222. The van der Waals surface area contributed by atoms with E-state index >= 15 is 0 Å². The molecule has 0 aromatic rings. The molecule has 0 aromatic carbocycles. The van der Waals surface area contributed by atoms with Crippen molar-refractivity contribution in [3.05, 3.63) is 0 Å². The molecule has 50 valence electrons. The maximum atomic E-state index is 8.69. The van der Waals surface area contributed by atoms with Gasteiger partial charge in [0.2, 0.25) is 0 Å². The fourth-order valence-electron chi connectivity index (χ4n) is 0.301. The summed E-state index contributed by atoms with van der Waals surface area (Å²) in [7, 11) is 3.50. The minimum atomic E-state index is -0.0278. The Hall–Kier alpha value is 0.660. The summed E-state index contributed by atoms with van der Waals surface area (Å²) in [5.41, 5.74) is 0. The van der Waals surface area contributed by atoms with Gasteiger partial charge in [-0.05, 0) is 0 Å². The average Bonchev–Trinajstić information content (AvgIpc) is 2.24. The number of hydrogen-bond acceptors (Lipinski definition) is 3. The van der Waals surface area contributed by atoms with Crippen molar-refractivity contribution in [3.8, 4) is 0 Å². The Morgan fingerprint density at radius 3 is 1.75 bits per heavy atom. The Labute approximate surface area is 58.6 Å². The molecule has 1 aliphatic heterocycles. The van der Waals surface area contributed by atoms with E-state index in [-0.39, 0.29) is 6.10 Å². The molecule has 1 nitrogen and oxygen atoms in total. The molecule has 1 rings (SSSR count). The molecule has 0 atom stereocenters. The number of aliphatic hydroxyl groups is 1. The normalized spacial score (nSPS) is 19.9. The molecule has 0 saturated carbocycles. The zero-order valence-electron chi connectivity index (χ0n) is 5.26. The van der Waals surface area contributed by atoms with Crippen molar-refractivity contribution in [2.24, 2.45) is 0 Å². The third-order valence-corrected chi connectivity index (χ3v) is 3.13. The third-order valence-electron chi connectivity index (χ3n) is 0.604. The second-order valence-corrected chi connectivity index (χ2v) is 3.78. The molecule has 1 saturated heterocycles. The van der Waals surface area contributed by atoms with Gasteiger partial charge in [-0.2, -0.15) is 0 Å². The molecule has 1 aliphatic rings. The Morgan fingerprint density at radius 1 is 1.25 bits per heavy atom. The van der Waals surface area contributed by atoms with Gasteiger partial charge in [0.05, 0.1) is 6.10 Å². The lowest BCUT2D eigenvalue weighted by Gasteiger charge is -1.88. The lowest BCUT2D eigenvalue weighted by Crippen LogP contribution is -2.05. The minimum Gasteiger partial charge on any atom is -0.391 e. The first-order valence-electron chi connectivity index (χ1n) is 2.82. The van der Waals surface area contributed by atoms with Crippen molar-refractivity contribution < 1.29 is 5.11 Å². The molecule has 0 amide bonds. The Kier molecular flexibility index (Phi) is 6.27. The smallest absolute Gasteiger partial charge is 0.0737 e. The van der Waals surface area contributed by atoms with Crippen molar-refractivity contribution >= 4 is 21.6 Å². The zero-order chi connectivity index (χ0) is 6.41. The van der Waals surface area contributed by atoms with Crippen molar-refractivity contribution in [1.29, 1.82) is 0 Å². The van der Waals surface area contributed by atoms with E-state index in [0.717, 1.165) is 11.5 Å². The van der Waals surface area contributed by atoms with Crippen LogP contribution in [0.1, 0.15) is 13.8 Å². The average molecular weight is 152 g/mol. The monoisotopic (exact) mass is 152 g/mol. The van der Waals surface area contributed by atoms with Crippen LogP contribution >= 0.6 is 21.6 Å². The molecule has 1 heterocycles. The van der Waals surface area contributed by atoms with Crippen LogP contribution < -0.4 is 0 Å². The van der Waals surface area contributed by atoms with Crippen LogP contribution in [0, 0.1) is 0 Å². The summed E-state index contributed by atoms with van der Waals surface area (Å²) in [4.78, 5) is 0. The van der Waals surface area contributed by atoms with Crippen molar-refractivity contribution in [2.75, 3.05) is 11.5 Å². The van der Waals surface area contributed by atoms with Gasteiger partial charge in [-0.25, -0.2) is 0 Å². The second-order valence-electron chi connectivity index (χ2n) is 1.22. The molecular formula is C5H12OS2. The van der Waals surface area contributed by atoms with E-state index in [0.29, 0.717) is 0 Å². The molecule has 3 heteroatoms. The molecule has 1 fully saturated rings. The maximum absolute atomic E-state index is 8.69. The maximum Gasteiger partial charge on any atom is 0.0737 e. The van der Waals surface area contributed by atoms with E-state index in [4.69, 9.17) is 5.11 Å². The zero-order valence-corrected chi connectivity index (χ0v) is 6.89. The molecule has 0 spiro atoms. The highest BCUT2D eigenvalue weighted by Gasteiger charge is 2.10. The van der Waals surface area contributed by atoms with E-state index in [1.165, 1.54) is 0 Å². The molecule has 0 aromatic heterocycles. The van der Waals surface area contributed by atoms with Crippen LogP contribution in [-0.2, 0) is 0 Å². The first-order valence-corrected chi connectivity index (χ1v) is 5.31. The van der Waals surface area contributed by atoms with E-state index in [1.54, 1.807) is 21.6 Å². The summed E-state index contributed by atoms with van der Waals surface area (Å²) in [6.07, 6.45) is -0.0278. The van der Waals surface area contributed by atoms with Gasteiger partial charge in [-0.3, -0.25) is 0 Å². The van der Waals surface area contributed by atoms with Crippen LogP contribution in [0.2, 0.25) is 0 Å². The largest absolute Gasteiger partial charge is 0.391 e. The second kappa shape index (κ2) is 5.79. The van der Waals surface area contributed by atoms with E-state index in [9.17, 15) is 0 Å². The topological polar surface area (TPSA) is 20.2 Å². The van der Waals surface area contributed by atoms with Crippen LogP contribution in [0.4, 0.5) is 0 Å². The Morgan fingerprint density at radius 2 is 1.62 bits per heavy atom. The summed E-state index contributed by atoms with van der Waals surface area (Å²) in [6, 6.07) is 0. The van der Waals surface area contributed by atoms with E-state index in [1.807, 2.05) is 13.8 Å². The number of aliphatic hydroxyl groups excluding tert-OH is 1. The van der Waals surface area contributed by atoms with Crippen LogP contribution in [0.15, 0.2) is 0 Å². The van der Waals surface area contributed by atoms with Gasteiger partial charge in [-0.1, -0.05) is 35.4 Å². The van der Waals surface area contributed by atoms with Gasteiger partial charge in [-0.15, -0.1) is 0 Å². The summed E-state index contributed by atoms with van der Waals surface area (Å²) in [5, 5.41) is 8.69. The van der Waals surface area contributed by atoms with Gasteiger partial charge in [0, 0.05) is 11.5 Å². The van der Waals surface area contributed by atoms with Crippen LogP contribution in [0.3, 0.4) is 0 Å². The quantitative estimate of drug-likeness (QED) is 0.534. The molecule has 0 radical (unpaired) electrons. The lowest BCUT2D eigenvalue weighted by molar-refractivity contribution is 0.227. The molecule has 8 heavy (non-hydrogen) atoms. The highest BCUT2D eigenvalue weighted by Crippen LogP contribution is 2.30. The summed E-state index contributed by atoms with van der Waals surface area (Å²) in [6.45, 7) is 4.00. The number of hydrogen-bond donors (Lipinski definition) is 1. The predicted molar refractivity (Wildman–Crippen MR) is 42.3 cm³/mol. The molecule has 0 aliphatic carbocycles. The first kappa shape index (κ1) is 8.66. The van der Waals surface area contributed by atoms with Crippen molar-refractivity contribution in [1.82, 2.24) is 0 Å². The van der Waals surface area contributed by atoms with E-state index < -0.39 is 0 Å². The van der Waals surface area contributed by atoms with Crippen molar-refractivity contribution in [2.45, 2.75) is 20.0 Å². The van der Waals surface area contributed by atoms with Crippen LogP contribution in [-0.4, -0.2) is 22.7 Å². The van der Waals surface area contributed by atoms with Gasteiger partial charge in [0.25, 0.3) is 0 Å². The first-order chi connectivity index (χ1) is 3.89. The van der Waals surface area contributed by atoms with E-state index in [2.05, 4.69) is 0 Å². The highest BCUT2D eigenvalue weighted by atomic mass is 33.1. The SMILES string of the molecule is CC.OC1CSSC1. The van der Waals surface area contributed by atoms with Gasteiger partial charge in [0.15, 0.2) is 0 Å². The standard InChI is InChI=1S/C3H6OS2.C2H6/c4-3-1-5-6-2-3;1-2/h3-4H,1-2H2;1-2H3. The summed E-state index contributed by atoms with van der Waals surface area (Å²) < 4.78 is 0. The fraction of sp³-hybridized carbons (Fsp3) is 1.00. The predicted octanol–water partition coefficient (Wildman–Crippen LogP) is 1.77. The summed E-state index contributed by atoms with van der Waals surface area (Å²) in [5.74, 6) is 1.84. The molecular weight excluding hydrogens is 140 g/mol. The fourth-order valence-corrected chi connectivity index (χ4v) is 2.71. The Bertz CT molecular complexity index is 43.7. The summed E-state index contributed by atoms with van der Waals surface area (Å²) >= 11 is 0. The highest BCUT2D eigenvalue weighted by molar-refractivity contribution is 8.77. The molecule has 0 unspecified atom stereocenters. The van der Waals surface area contributed by atoms with Gasteiger partial charge >= 0.3 is 0 Å². The van der Waals surface area contributed by atoms with Crippen LogP contribution in [0.5, 0.6) is 0 Å². The molecule has 0 bridgehead atoms. The van der Waals surface area contributed by atoms with Crippen LogP contribution in [0.25, 0.3) is 0 Å².